The number of ether oxygens (including phenoxy) is 2. The van der Waals surface area contributed by atoms with Crippen LogP contribution in [0, 0.1) is 65.1 Å². The van der Waals surface area contributed by atoms with Gasteiger partial charge in [0.25, 0.3) is 0 Å². The van der Waals surface area contributed by atoms with Crippen LogP contribution in [0.25, 0.3) is 0 Å². The Morgan fingerprint density at radius 1 is 0.517 bits per heavy atom. The Bertz CT molecular complexity index is 2310. The third-order valence-electron chi connectivity index (χ3n) is 16.4. The van der Waals surface area contributed by atoms with Gasteiger partial charge in [0.15, 0.2) is 28.9 Å². The highest BCUT2D eigenvalue weighted by atomic mass is 16.5. The predicted octanol–water partition coefficient (Wildman–Crippen LogP) is 8.33. The predicted molar refractivity (Wildman–Crippen MR) is 338 cm³/mol. The molecule has 0 aromatic carbocycles. The van der Waals surface area contributed by atoms with Crippen LogP contribution in [0.2, 0.25) is 0 Å². The zero-order valence-electron chi connectivity index (χ0n) is 57.6. The number of allylic oxidation sites excluding steroid dienone is 2. The number of amides is 5. The van der Waals surface area contributed by atoms with Gasteiger partial charge < -0.3 is 40.1 Å². The maximum atomic E-state index is 14.9. The summed E-state index contributed by atoms with van der Waals surface area (Å²) in [5, 5.41) is 8.59. The Hall–Kier alpha value is -5.66. The van der Waals surface area contributed by atoms with Crippen molar-refractivity contribution in [1.29, 1.82) is 0 Å². The first-order chi connectivity index (χ1) is 40.3. The summed E-state index contributed by atoms with van der Waals surface area (Å²) in [4.78, 5) is 171. The number of nitrogens with one attached hydrogen (secondary N) is 3. The number of esters is 2. The molecule has 20 heteroatoms. The summed E-state index contributed by atoms with van der Waals surface area (Å²) in [6.07, 6.45) is 3.03. The van der Waals surface area contributed by atoms with Gasteiger partial charge in [-0.15, -0.1) is 0 Å². The molecule has 0 fully saturated rings. The highest BCUT2D eigenvalue weighted by Gasteiger charge is 2.43. The maximum absolute atomic E-state index is 14.9. The third kappa shape index (κ3) is 27.7. The summed E-state index contributed by atoms with van der Waals surface area (Å²) in [6.45, 7) is 32.3. The zero-order chi connectivity index (χ0) is 67.5. The number of rotatable bonds is 43. The minimum absolute atomic E-state index is 0.00196. The van der Waals surface area contributed by atoms with Crippen LogP contribution in [-0.4, -0.2) is 163 Å². The monoisotopic (exact) mass is 1230 g/mol. The highest BCUT2D eigenvalue weighted by Crippen LogP contribution is 2.30. The van der Waals surface area contributed by atoms with Gasteiger partial charge in [-0.1, -0.05) is 116 Å². The van der Waals surface area contributed by atoms with Crippen LogP contribution in [0.4, 0.5) is 0 Å². The Labute approximate surface area is 522 Å². The normalized spacial score (nSPS) is 16.0. The molecule has 0 rings (SSSR count). The van der Waals surface area contributed by atoms with Gasteiger partial charge in [-0.05, 0) is 101 Å². The minimum atomic E-state index is -1.31. The second-order valence-corrected chi connectivity index (χ2v) is 26.8. The molecule has 0 aromatic heterocycles. The Morgan fingerprint density at radius 2 is 1.02 bits per heavy atom. The molecule has 0 spiro atoms. The minimum Gasteiger partial charge on any atom is -0.469 e. The molecule has 0 saturated heterocycles. The summed E-state index contributed by atoms with van der Waals surface area (Å²) in [6, 6.07) is -5.62. The van der Waals surface area contributed by atoms with Crippen molar-refractivity contribution in [2.75, 3.05) is 35.3 Å². The van der Waals surface area contributed by atoms with E-state index in [0.29, 0.717) is 19.3 Å². The lowest BCUT2D eigenvalue weighted by atomic mass is 9.82. The van der Waals surface area contributed by atoms with Gasteiger partial charge in [0, 0.05) is 77.9 Å². The molecule has 0 aliphatic rings. The van der Waals surface area contributed by atoms with Crippen molar-refractivity contribution >= 4 is 70.4 Å². The fourth-order valence-electron chi connectivity index (χ4n) is 11.4. The van der Waals surface area contributed by atoms with E-state index in [1.807, 2.05) is 82.2 Å². The number of likely N-dealkylation sites (N-methyl/N-ethyl adjacent to an activating group) is 4. The molecule has 498 valence electrons. The van der Waals surface area contributed by atoms with Gasteiger partial charge in [0.2, 0.25) is 29.5 Å². The number of nitrogens with zero attached hydrogens (tertiary/aromatic N) is 3. The summed E-state index contributed by atoms with van der Waals surface area (Å²) in [7, 11) is 7.46. The quantitative estimate of drug-likeness (QED) is 0.0382. The number of Topliss-reactive ketones (excluding diaryl/α,β-unsaturated/α-hetero) is 5. The highest BCUT2D eigenvalue weighted by molar-refractivity contribution is 5.99. The van der Waals surface area contributed by atoms with Crippen molar-refractivity contribution in [2.45, 2.75) is 244 Å². The number of carbonyl (C=O) groups excluding carboxylic acids is 12. The van der Waals surface area contributed by atoms with Gasteiger partial charge in [0.1, 0.15) is 12.1 Å². The van der Waals surface area contributed by atoms with Crippen LogP contribution in [0.3, 0.4) is 0 Å². The molecule has 0 bridgehead atoms. The fourth-order valence-corrected chi connectivity index (χ4v) is 11.4. The van der Waals surface area contributed by atoms with Gasteiger partial charge in [-0.2, -0.15) is 0 Å². The summed E-state index contributed by atoms with van der Waals surface area (Å²) < 4.78 is 10.5. The lowest BCUT2D eigenvalue weighted by Crippen LogP contribution is -2.53. The molecular formula is C67H116N6O14. The van der Waals surface area contributed by atoms with Crippen molar-refractivity contribution in [3.05, 3.63) is 12.2 Å². The lowest BCUT2D eigenvalue weighted by molar-refractivity contribution is -0.158. The summed E-state index contributed by atoms with van der Waals surface area (Å²) in [5.41, 5.74) is 0. The fraction of sp³-hybridized carbons (Fsp3) is 0.791. The zero-order valence-corrected chi connectivity index (χ0v) is 57.6. The SMILES string of the molecule is C/C=C/C[C@@H](C)[C@@H](OC(C)=O)[C@H](CC(=O)C(C(C)C)N(C)C(=O)[C@@H](CC(=O)[C@H](CC(C)C)N(C)C(=O)[C@@H](C)NC(=O)[C@H](C)CC(=O)[C@@H](CC(C)C)N(C)C(=O)[C@@H](CC(=O)[C@H](CC(C)C)NC)C(C)C)CC(C)C)C(=O)N[C@@H](CC)C(=O)CCC(=O)OC. The number of hydrogen-bond acceptors (Lipinski definition) is 15. The van der Waals surface area contributed by atoms with Crippen molar-refractivity contribution in [1.82, 2.24) is 30.7 Å². The van der Waals surface area contributed by atoms with E-state index in [-0.39, 0.29) is 98.4 Å². The van der Waals surface area contributed by atoms with Crippen LogP contribution in [0.1, 0.15) is 202 Å². The van der Waals surface area contributed by atoms with E-state index < -0.39 is 137 Å². The lowest BCUT2D eigenvalue weighted by Gasteiger charge is -2.36. The van der Waals surface area contributed by atoms with E-state index in [1.54, 1.807) is 54.8 Å². The molecular weight excluding hydrogens is 1110 g/mol. The van der Waals surface area contributed by atoms with Gasteiger partial charge >= 0.3 is 11.9 Å². The van der Waals surface area contributed by atoms with Crippen molar-refractivity contribution in [3.63, 3.8) is 0 Å². The van der Waals surface area contributed by atoms with E-state index in [2.05, 4.69) is 20.7 Å². The molecule has 0 radical (unpaired) electrons. The van der Waals surface area contributed by atoms with Crippen LogP contribution >= 0.6 is 0 Å². The number of methoxy groups -OCH3 is 1. The second-order valence-electron chi connectivity index (χ2n) is 26.8. The average molecular weight is 1230 g/mol. The topological polar surface area (TPSA) is 269 Å². The molecule has 0 aromatic rings. The smallest absolute Gasteiger partial charge is 0.305 e. The third-order valence-corrected chi connectivity index (χ3v) is 16.4. The average Bonchev–Trinajstić information content (AvgIpc) is 1.97. The first-order valence-corrected chi connectivity index (χ1v) is 31.9. The Kier molecular flexibility index (Phi) is 37.5. The van der Waals surface area contributed by atoms with Crippen molar-refractivity contribution < 1.29 is 67.0 Å². The molecule has 5 amide bonds. The van der Waals surface area contributed by atoms with Crippen molar-refractivity contribution in [3.8, 4) is 0 Å². The number of ketones is 5. The van der Waals surface area contributed by atoms with Crippen molar-refractivity contribution in [2.24, 2.45) is 65.1 Å². The van der Waals surface area contributed by atoms with Gasteiger partial charge in [-0.25, -0.2) is 0 Å². The van der Waals surface area contributed by atoms with E-state index in [4.69, 9.17) is 4.74 Å². The Balaban J connectivity index is 6.90. The van der Waals surface area contributed by atoms with Crippen LogP contribution in [0.15, 0.2) is 12.2 Å². The van der Waals surface area contributed by atoms with Crippen LogP contribution in [0.5, 0.6) is 0 Å². The molecule has 87 heavy (non-hydrogen) atoms. The summed E-state index contributed by atoms with van der Waals surface area (Å²) in [5.74, 6) is -10.7. The molecule has 0 aliphatic carbocycles. The number of carbonyl (C=O) groups is 12. The van der Waals surface area contributed by atoms with Crippen LogP contribution in [-0.2, 0) is 67.0 Å². The molecule has 0 saturated carbocycles. The maximum Gasteiger partial charge on any atom is 0.305 e. The molecule has 0 heterocycles. The largest absolute Gasteiger partial charge is 0.469 e. The van der Waals surface area contributed by atoms with Crippen LogP contribution < -0.4 is 16.0 Å². The Morgan fingerprint density at radius 3 is 1.47 bits per heavy atom. The van der Waals surface area contributed by atoms with E-state index in [1.165, 1.54) is 49.8 Å². The molecule has 20 nitrogen and oxygen atoms in total. The first-order valence-electron chi connectivity index (χ1n) is 31.9. The van der Waals surface area contributed by atoms with E-state index in [0.717, 1.165) is 0 Å². The molecule has 0 aliphatic heterocycles. The van der Waals surface area contributed by atoms with Gasteiger partial charge in [-0.3, -0.25) is 57.5 Å². The van der Waals surface area contributed by atoms with E-state index in [9.17, 15) is 57.5 Å². The summed E-state index contributed by atoms with van der Waals surface area (Å²) >= 11 is 0. The second kappa shape index (κ2) is 40.1. The molecule has 1 unspecified atom stereocenters. The molecule has 12 atom stereocenters. The molecule has 3 N–H and O–H groups in total. The first kappa shape index (κ1) is 81.3. The standard InChI is InChI=1S/C67H116N6O14/c1-24-26-27-44(15)62(87-47(18)74)50(64(82)70-51(25-2)55(75)28-29-60(80)86-23)37-59(79)61(43(13)14)73(22)66(84)48(30-38(3)4)35-58(78)54(33-41(9)10)71(20)65(83)46(17)69-63(81)45(16)34-57(77)53(32-40(7)8)72(21)67(85)49(42(11)12)36-56(76)52(68-19)31-39(5)6/h24,26,38-46,48-54,61-62,68H,25,27-37H2,1-23H3,(H,69,81)(H,70,82)/b26-24+/t44-,45-,46-,48-,49+,50+,51+,52+,53-,54+,61?,62-/m1/s1. The van der Waals surface area contributed by atoms with Gasteiger partial charge in [0.05, 0.1) is 49.7 Å². The van der Waals surface area contributed by atoms with E-state index >= 15 is 0 Å². The number of hydrogen-bond donors (Lipinski definition) is 3.